The van der Waals surface area contributed by atoms with Crippen molar-refractivity contribution in [2.75, 3.05) is 46.2 Å². The predicted molar refractivity (Wildman–Crippen MR) is 138 cm³/mol. The second kappa shape index (κ2) is 17.8. The standard InChI is InChI=1S/C27H42O11/c1-6-11-31-17-19-21(23(33-13-8-3)24(26(30)36-19)34-14-9-4)38-27-25(35-15-10-5)22(32-12-7-2)20(29)18(16-28)37-27/h6-10,18-30H,1-5,11-17H2/t18-,19-,20-,21-,22+,23+,24-,25-,26-,27-/m1/s1. The van der Waals surface area contributed by atoms with E-state index in [0.29, 0.717) is 0 Å². The number of rotatable bonds is 19. The molecule has 0 aliphatic carbocycles. The van der Waals surface area contributed by atoms with E-state index in [-0.39, 0.29) is 39.6 Å². The molecule has 216 valence electrons. The molecule has 2 rings (SSSR count). The van der Waals surface area contributed by atoms with Crippen LogP contribution in [0.15, 0.2) is 63.3 Å². The Balaban J connectivity index is 2.44. The molecule has 2 saturated heterocycles. The Morgan fingerprint density at radius 3 is 1.68 bits per heavy atom. The summed E-state index contributed by atoms with van der Waals surface area (Å²) in [7, 11) is 0. The van der Waals surface area contributed by atoms with Crippen LogP contribution in [0.3, 0.4) is 0 Å². The fourth-order valence-electron chi connectivity index (χ4n) is 4.22. The molecule has 0 unspecified atom stereocenters. The Hall–Kier alpha value is -1.74. The van der Waals surface area contributed by atoms with Crippen LogP contribution in [0.1, 0.15) is 0 Å². The number of aliphatic hydroxyl groups is 3. The molecule has 2 aliphatic rings. The summed E-state index contributed by atoms with van der Waals surface area (Å²) in [5.41, 5.74) is 0. The first-order valence-corrected chi connectivity index (χ1v) is 12.5. The van der Waals surface area contributed by atoms with Crippen LogP contribution < -0.4 is 0 Å². The molecule has 0 amide bonds. The van der Waals surface area contributed by atoms with E-state index < -0.39 is 68.0 Å². The maximum Gasteiger partial charge on any atom is 0.187 e. The normalized spacial score (nSPS) is 35.3. The number of aliphatic hydroxyl groups excluding tert-OH is 3. The maximum atomic E-state index is 10.8. The summed E-state index contributed by atoms with van der Waals surface area (Å²) in [4.78, 5) is 0. The highest BCUT2D eigenvalue weighted by molar-refractivity contribution is 4.97. The van der Waals surface area contributed by atoms with Crippen molar-refractivity contribution in [2.24, 2.45) is 0 Å². The molecule has 0 aromatic carbocycles. The first-order valence-electron chi connectivity index (χ1n) is 12.5. The zero-order valence-electron chi connectivity index (χ0n) is 21.8. The highest BCUT2D eigenvalue weighted by Gasteiger charge is 2.53. The van der Waals surface area contributed by atoms with E-state index >= 15 is 0 Å². The number of hydrogen-bond donors (Lipinski definition) is 3. The lowest BCUT2D eigenvalue weighted by Crippen LogP contribution is -2.66. The summed E-state index contributed by atoms with van der Waals surface area (Å²) in [6.07, 6.45) is -2.53. The van der Waals surface area contributed by atoms with Gasteiger partial charge in [0.2, 0.25) is 0 Å². The van der Waals surface area contributed by atoms with Crippen molar-refractivity contribution < 1.29 is 53.2 Å². The molecule has 0 aromatic rings. The van der Waals surface area contributed by atoms with E-state index in [1.807, 2.05) is 0 Å². The van der Waals surface area contributed by atoms with Crippen LogP contribution in [0.25, 0.3) is 0 Å². The van der Waals surface area contributed by atoms with Gasteiger partial charge in [-0.05, 0) is 0 Å². The lowest BCUT2D eigenvalue weighted by molar-refractivity contribution is -0.366. The van der Waals surface area contributed by atoms with Crippen LogP contribution in [-0.2, 0) is 37.9 Å². The zero-order valence-corrected chi connectivity index (χ0v) is 21.8. The third-order valence-corrected chi connectivity index (χ3v) is 5.84. The van der Waals surface area contributed by atoms with Crippen LogP contribution >= 0.6 is 0 Å². The second-order valence-electron chi connectivity index (χ2n) is 8.55. The molecule has 11 nitrogen and oxygen atoms in total. The van der Waals surface area contributed by atoms with E-state index in [0.717, 1.165) is 0 Å². The molecule has 2 aliphatic heterocycles. The van der Waals surface area contributed by atoms with Crippen molar-refractivity contribution >= 4 is 0 Å². The van der Waals surface area contributed by atoms with Gasteiger partial charge in [0.05, 0.1) is 46.2 Å². The van der Waals surface area contributed by atoms with Gasteiger partial charge in [-0.3, -0.25) is 0 Å². The Bertz CT molecular complexity index is 732. The molecule has 11 heteroatoms. The summed E-state index contributed by atoms with van der Waals surface area (Å²) in [5, 5.41) is 31.5. The molecule has 3 N–H and O–H groups in total. The fraction of sp³-hybridized carbons (Fsp3) is 0.630. The molecule has 10 atom stereocenters. The van der Waals surface area contributed by atoms with Crippen molar-refractivity contribution in [1.82, 2.24) is 0 Å². The van der Waals surface area contributed by atoms with E-state index in [4.69, 9.17) is 37.9 Å². The van der Waals surface area contributed by atoms with E-state index in [9.17, 15) is 15.3 Å². The minimum atomic E-state index is -1.36. The highest BCUT2D eigenvalue weighted by atomic mass is 16.7. The van der Waals surface area contributed by atoms with Crippen LogP contribution in [0.2, 0.25) is 0 Å². The average Bonchev–Trinajstić information content (AvgIpc) is 2.91. The quantitative estimate of drug-likeness (QED) is 0.157. The lowest BCUT2D eigenvalue weighted by Gasteiger charge is -2.48. The van der Waals surface area contributed by atoms with E-state index in [1.54, 1.807) is 12.2 Å². The molecule has 0 saturated carbocycles. The lowest BCUT2D eigenvalue weighted by atomic mass is 9.96. The topological polar surface area (TPSA) is 135 Å². The van der Waals surface area contributed by atoms with Gasteiger partial charge in [0.15, 0.2) is 12.6 Å². The largest absolute Gasteiger partial charge is 0.394 e. The van der Waals surface area contributed by atoms with Crippen molar-refractivity contribution in [1.29, 1.82) is 0 Å². The summed E-state index contributed by atoms with van der Waals surface area (Å²) in [6.45, 7) is 18.5. The predicted octanol–water partition coefficient (Wildman–Crippen LogP) is 0.654. The minimum Gasteiger partial charge on any atom is -0.394 e. The van der Waals surface area contributed by atoms with Crippen LogP contribution in [0, 0.1) is 0 Å². The zero-order chi connectivity index (χ0) is 27.9. The van der Waals surface area contributed by atoms with Crippen LogP contribution in [-0.4, -0.2) is 123 Å². The SMILES string of the molecule is C=CCOC[C@H]1O[C@@H](O)[C@H](OCC=C)[C@@H](OCC=C)[C@@H]1O[C@H]1O[C@H](CO)[C@@H](O)[C@H](OCC=C)[C@H]1OCC=C. The summed E-state index contributed by atoms with van der Waals surface area (Å²) < 4.78 is 47.3. The van der Waals surface area contributed by atoms with Gasteiger partial charge in [-0.25, -0.2) is 0 Å². The molecular weight excluding hydrogens is 500 g/mol. The third-order valence-electron chi connectivity index (χ3n) is 5.84. The Kier molecular flexibility index (Phi) is 15.2. The van der Waals surface area contributed by atoms with Gasteiger partial charge in [-0.15, -0.1) is 32.9 Å². The van der Waals surface area contributed by atoms with E-state index in [1.165, 1.54) is 18.2 Å². The molecule has 2 fully saturated rings. The Morgan fingerprint density at radius 1 is 0.605 bits per heavy atom. The van der Waals surface area contributed by atoms with Crippen molar-refractivity contribution in [3.05, 3.63) is 63.3 Å². The van der Waals surface area contributed by atoms with Crippen molar-refractivity contribution in [3.63, 3.8) is 0 Å². The van der Waals surface area contributed by atoms with Gasteiger partial charge in [0.25, 0.3) is 0 Å². The summed E-state index contributed by atoms with van der Waals surface area (Å²) in [6, 6.07) is 0. The van der Waals surface area contributed by atoms with Crippen LogP contribution in [0.5, 0.6) is 0 Å². The third kappa shape index (κ3) is 8.90. The highest BCUT2D eigenvalue weighted by Crippen LogP contribution is 2.33. The molecule has 0 bridgehead atoms. The molecule has 38 heavy (non-hydrogen) atoms. The maximum absolute atomic E-state index is 10.8. The smallest absolute Gasteiger partial charge is 0.187 e. The molecule has 0 radical (unpaired) electrons. The first kappa shape index (κ1) is 32.5. The fourth-order valence-corrected chi connectivity index (χ4v) is 4.22. The van der Waals surface area contributed by atoms with Gasteiger partial charge in [0.1, 0.15) is 48.8 Å². The van der Waals surface area contributed by atoms with Gasteiger partial charge < -0.3 is 53.2 Å². The molecule has 2 heterocycles. The molecular formula is C27H42O11. The number of hydrogen-bond acceptors (Lipinski definition) is 11. The van der Waals surface area contributed by atoms with Gasteiger partial charge >= 0.3 is 0 Å². The minimum absolute atomic E-state index is 0.0171. The number of ether oxygens (including phenoxy) is 8. The van der Waals surface area contributed by atoms with Gasteiger partial charge in [0, 0.05) is 0 Å². The second-order valence-corrected chi connectivity index (χ2v) is 8.55. The molecule has 0 spiro atoms. The van der Waals surface area contributed by atoms with Gasteiger partial charge in [-0.1, -0.05) is 30.4 Å². The summed E-state index contributed by atoms with van der Waals surface area (Å²) >= 11 is 0. The Labute approximate surface area is 224 Å². The Morgan fingerprint density at radius 2 is 1.13 bits per heavy atom. The van der Waals surface area contributed by atoms with Crippen LogP contribution in [0.4, 0.5) is 0 Å². The first-order chi connectivity index (χ1) is 18.5. The molecule has 0 aromatic heterocycles. The monoisotopic (exact) mass is 542 g/mol. The van der Waals surface area contributed by atoms with E-state index in [2.05, 4.69) is 32.9 Å². The van der Waals surface area contributed by atoms with Gasteiger partial charge in [-0.2, -0.15) is 0 Å². The van der Waals surface area contributed by atoms with Crippen molar-refractivity contribution in [2.45, 2.75) is 61.4 Å². The summed E-state index contributed by atoms with van der Waals surface area (Å²) in [5.74, 6) is 0. The van der Waals surface area contributed by atoms with Crippen molar-refractivity contribution in [3.8, 4) is 0 Å². The average molecular weight is 543 g/mol.